The number of methoxy groups -OCH3 is 1. The first-order chi connectivity index (χ1) is 16.8. The number of pyridine rings is 1. The molecule has 1 N–H and O–H groups in total. The highest BCUT2D eigenvalue weighted by molar-refractivity contribution is 5.83. The first-order valence-corrected chi connectivity index (χ1v) is 12.0. The van der Waals surface area contributed by atoms with Crippen molar-refractivity contribution in [3.05, 3.63) is 83.8 Å². The number of nitrogens with zero attached hydrogens (tertiary/aromatic N) is 2. The number of quaternary nitrogens is 1. The lowest BCUT2D eigenvalue weighted by molar-refractivity contribution is -0.952. The number of piperidine rings is 1. The van der Waals surface area contributed by atoms with E-state index in [1.54, 1.807) is 19.4 Å². The molecule has 35 heavy (non-hydrogen) atoms. The molecule has 1 aliphatic rings. The molecule has 4 rings (SSSR count). The van der Waals surface area contributed by atoms with Gasteiger partial charge in [0.2, 0.25) is 0 Å². The largest absolute Gasteiger partial charge is 0.497 e. The van der Waals surface area contributed by atoms with Gasteiger partial charge < -0.3 is 14.3 Å². The van der Waals surface area contributed by atoms with Gasteiger partial charge in [0.05, 0.1) is 31.3 Å². The molecule has 4 atom stereocenters. The molecule has 2 heterocycles. The Kier molecular flexibility index (Phi) is 7.47. The maximum absolute atomic E-state index is 14.7. The molecular weight excluding hydrogens is 453 g/mol. The molecule has 1 fully saturated rings. The quantitative estimate of drug-likeness (QED) is 0.317. The number of fused-ring (bicyclic) bond motifs is 1. The summed E-state index contributed by atoms with van der Waals surface area (Å²) in [4.78, 5) is 4.39. The van der Waals surface area contributed by atoms with E-state index in [0.29, 0.717) is 30.3 Å². The van der Waals surface area contributed by atoms with Crippen molar-refractivity contribution < 1.29 is 27.5 Å². The number of aliphatic hydroxyl groups excluding tert-OH is 1. The van der Waals surface area contributed by atoms with Gasteiger partial charge in [-0.3, -0.25) is 4.98 Å². The number of ether oxygens (including phenoxy) is 1. The molecule has 1 aliphatic heterocycles. The molecule has 0 spiro atoms. The highest BCUT2D eigenvalue weighted by Gasteiger charge is 2.41. The van der Waals surface area contributed by atoms with Crippen LogP contribution in [0.2, 0.25) is 0 Å². The van der Waals surface area contributed by atoms with Crippen LogP contribution < -0.4 is 4.74 Å². The second-order valence-electron chi connectivity index (χ2n) is 9.59. The summed E-state index contributed by atoms with van der Waals surface area (Å²) in [7, 11) is 1.58. The standard InChI is InChI=1S/C28H32F3N2O2/c1-4-18-9-11-33(15-19(18)5-2,16-24-25(30)12-20(29)13-26(24)31)17-28(34)22-8-10-32-27-7-6-21(35-3)14-23(22)27/h5-8,10,12-14,18-19,28,34H,2,4,9,11,15-17H2,1,3H3/q+1/t18?,19?,28-,33?/m0/s1. The van der Waals surface area contributed by atoms with Gasteiger partial charge >= 0.3 is 0 Å². The fourth-order valence-electron chi connectivity index (χ4n) is 5.58. The lowest BCUT2D eigenvalue weighted by Crippen LogP contribution is -2.57. The third-order valence-corrected chi connectivity index (χ3v) is 7.51. The molecule has 3 unspecified atom stereocenters. The first-order valence-electron chi connectivity index (χ1n) is 12.0. The van der Waals surface area contributed by atoms with Crippen molar-refractivity contribution in [3.63, 3.8) is 0 Å². The Morgan fingerprint density at radius 2 is 1.94 bits per heavy atom. The van der Waals surface area contributed by atoms with E-state index >= 15 is 0 Å². The van der Waals surface area contributed by atoms with Gasteiger partial charge in [0, 0.05) is 36.1 Å². The highest BCUT2D eigenvalue weighted by Crippen LogP contribution is 2.37. The van der Waals surface area contributed by atoms with Crippen molar-refractivity contribution in [3.8, 4) is 5.75 Å². The molecule has 0 saturated carbocycles. The average Bonchev–Trinajstić information content (AvgIpc) is 2.85. The van der Waals surface area contributed by atoms with Crippen LogP contribution in [-0.2, 0) is 6.54 Å². The first kappa shape index (κ1) is 25.2. The number of hydrogen-bond acceptors (Lipinski definition) is 3. The zero-order chi connectivity index (χ0) is 25.2. The van der Waals surface area contributed by atoms with Crippen LogP contribution in [0.15, 0.2) is 55.3 Å². The minimum atomic E-state index is -0.943. The van der Waals surface area contributed by atoms with E-state index < -0.39 is 23.6 Å². The van der Waals surface area contributed by atoms with Crippen molar-refractivity contribution in [1.29, 1.82) is 0 Å². The van der Waals surface area contributed by atoms with Crippen LogP contribution in [0.3, 0.4) is 0 Å². The van der Waals surface area contributed by atoms with Gasteiger partial charge in [0.1, 0.15) is 42.4 Å². The van der Waals surface area contributed by atoms with Crippen LogP contribution in [0.5, 0.6) is 5.75 Å². The van der Waals surface area contributed by atoms with Crippen LogP contribution in [0.1, 0.15) is 37.0 Å². The Morgan fingerprint density at radius 3 is 2.60 bits per heavy atom. The molecule has 4 nitrogen and oxygen atoms in total. The van der Waals surface area contributed by atoms with E-state index in [-0.39, 0.29) is 29.1 Å². The summed E-state index contributed by atoms with van der Waals surface area (Å²) >= 11 is 0. The minimum absolute atomic E-state index is 0.0160. The van der Waals surface area contributed by atoms with Crippen LogP contribution in [-0.4, -0.2) is 41.3 Å². The van der Waals surface area contributed by atoms with Gasteiger partial charge in [-0.05, 0) is 35.7 Å². The van der Waals surface area contributed by atoms with E-state index in [4.69, 9.17) is 4.74 Å². The smallest absolute Gasteiger partial charge is 0.137 e. The van der Waals surface area contributed by atoms with Gasteiger partial charge in [0.25, 0.3) is 0 Å². The zero-order valence-corrected chi connectivity index (χ0v) is 20.2. The molecule has 186 valence electrons. The summed E-state index contributed by atoms with van der Waals surface area (Å²) in [6.45, 7) is 7.62. The number of hydrogen-bond donors (Lipinski definition) is 1. The van der Waals surface area contributed by atoms with E-state index in [0.717, 1.165) is 35.9 Å². The van der Waals surface area contributed by atoms with Crippen molar-refractivity contribution in [1.82, 2.24) is 4.98 Å². The fraction of sp³-hybridized carbons (Fsp3) is 0.393. The van der Waals surface area contributed by atoms with Crippen molar-refractivity contribution in [2.24, 2.45) is 11.8 Å². The maximum Gasteiger partial charge on any atom is 0.137 e. The van der Waals surface area contributed by atoms with Gasteiger partial charge in [-0.15, -0.1) is 6.58 Å². The Balaban J connectivity index is 1.74. The Labute approximate surface area is 204 Å². The molecule has 1 saturated heterocycles. The molecule has 3 aromatic rings. The van der Waals surface area contributed by atoms with Gasteiger partial charge in [-0.1, -0.05) is 19.4 Å². The second kappa shape index (κ2) is 10.4. The number of halogens is 3. The van der Waals surface area contributed by atoms with Crippen LogP contribution >= 0.6 is 0 Å². The SMILES string of the molecule is C=CC1C[N+](Cc2c(F)cc(F)cc2F)(C[C@H](O)c2ccnc3ccc(OC)cc23)CCC1CC. The van der Waals surface area contributed by atoms with E-state index in [1.165, 1.54) is 0 Å². The summed E-state index contributed by atoms with van der Waals surface area (Å²) in [5.41, 5.74) is 1.25. The van der Waals surface area contributed by atoms with Crippen molar-refractivity contribution in [2.75, 3.05) is 26.7 Å². The Hall–Kier alpha value is -2.90. The predicted molar refractivity (Wildman–Crippen MR) is 130 cm³/mol. The summed E-state index contributed by atoms with van der Waals surface area (Å²) < 4.78 is 48.6. The molecule has 0 radical (unpaired) electrons. The molecule has 0 bridgehead atoms. The van der Waals surface area contributed by atoms with E-state index in [2.05, 4.69) is 18.5 Å². The number of aromatic nitrogens is 1. The number of benzene rings is 2. The van der Waals surface area contributed by atoms with E-state index in [9.17, 15) is 18.3 Å². The Morgan fingerprint density at radius 1 is 1.20 bits per heavy atom. The van der Waals surface area contributed by atoms with Crippen LogP contribution in [0.25, 0.3) is 10.9 Å². The van der Waals surface area contributed by atoms with Gasteiger partial charge in [-0.2, -0.15) is 0 Å². The third-order valence-electron chi connectivity index (χ3n) is 7.51. The van der Waals surface area contributed by atoms with Crippen molar-refractivity contribution in [2.45, 2.75) is 32.4 Å². The topological polar surface area (TPSA) is 42.4 Å². The zero-order valence-electron chi connectivity index (χ0n) is 20.2. The van der Waals surface area contributed by atoms with Crippen LogP contribution in [0.4, 0.5) is 13.2 Å². The van der Waals surface area contributed by atoms with Crippen LogP contribution in [0, 0.1) is 29.3 Å². The maximum atomic E-state index is 14.7. The number of rotatable bonds is 8. The molecule has 2 aromatic carbocycles. The minimum Gasteiger partial charge on any atom is -0.497 e. The van der Waals surface area contributed by atoms with Gasteiger partial charge in [-0.25, -0.2) is 13.2 Å². The highest BCUT2D eigenvalue weighted by atomic mass is 19.1. The lowest BCUT2D eigenvalue weighted by atomic mass is 9.81. The molecule has 0 amide bonds. The molecule has 7 heteroatoms. The number of likely N-dealkylation sites (tertiary alicyclic amines) is 1. The van der Waals surface area contributed by atoms with Crippen molar-refractivity contribution >= 4 is 10.9 Å². The molecular formula is C28H32F3N2O2+. The average molecular weight is 486 g/mol. The van der Waals surface area contributed by atoms with Gasteiger partial charge in [0.15, 0.2) is 0 Å². The number of aliphatic hydroxyl groups is 1. The van der Waals surface area contributed by atoms with E-state index in [1.807, 2.05) is 24.3 Å². The summed E-state index contributed by atoms with van der Waals surface area (Å²) in [5.74, 6) is -1.54. The monoisotopic (exact) mass is 485 g/mol. The summed E-state index contributed by atoms with van der Waals surface area (Å²) in [5, 5.41) is 12.2. The Bertz CT molecular complexity index is 1200. The molecule has 1 aromatic heterocycles. The normalized spacial score (nSPS) is 23.3. The molecule has 0 aliphatic carbocycles. The predicted octanol–water partition coefficient (Wildman–Crippen LogP) is 5.94. The second-order valence-corrected chi connectivity index (χ2v) is 9.59. The lowest BCUT2D eigenvalue weighted by Gasteiger charge is -2.47. The summed E-state index contributed by atoms with van der Waals surface area (Å²) in [6.07, 6.45) is 4.47. The third kappa shape index (κ3) is 5.21. The summed E-state index contributed by atoms with van der Waals surface area (Å²) in [6, 6.07) is 8.68. The fourth-order valence-corrected chi connectivity index (χ4v) is 5.58.